The lowest BCUT2D eigenvalue weighted by Crippen LogP contribution is -2.10. The highest BCUT2D eigenvalue weighted by atomic mass is 32.1. The maximum absolute atomic E-state index is 12.0. The molecule has 0 aliphatic carbocycles. The largest absolute Gasteiger partial charge is 0.497 e. The van der Waals surface area contributed by atoms with Gasteiger partial charge in [-0.15, -0.1) is 11.3 Å². The third kappa shape index (κ3) is 2.30. The van der Waals surface area contributed by atoms with E-state index in [0.29, 0.717) is 10.7 Å². The normalized spacial score (nSPS) is 10.6. The minimum atomic E-state index is -0.315. The number of nitrogens with one attached hydrogen (secondary N) is 1. The number of hydrogen-bond donors (Lipinski definition) is 1. The number of carbonyl (C=O) groups is 1. The number of nitrogens with zero attached hydrogens (tertiary/aromatic N) is 1. The van der Waals surface area contributed by atoms with Crippen molar-refractivity contribution in [3.05, 3.63) is 41.6 Å². The third-order valence-electron chi connectivity index (χ3n) is 2.60. The lowest BCUT2D eigenvalue weighted by molar-refractivity contribution is 0.0998. The highest BCUT2D eigenvalue weighted by Crippen LogP contribution is 2.24. The van der Waals surface area contributed by atoms with E-state index in [0.717, 1.165) is 11.1 Å². The van der Waals surface area contributed by atoms with Crippen LogP contribution in [0.5, 0.6) is 5.75 Å². The first kappa shape index (κ1) is 11.7. The number of thiazole rings is 1. The second kappa shape index (κ2) is 4.74. The zero-order chi connectivity index (χ0) is 13.2. The minimum Gasteiger partial charge on any atom is -0.497 e. The van der Waals surface area contributed by atoms with Gasteiger partial charge < -0.3 is 9.15 Å². The van der Waals surface area contributed by atoms with Crippen molar-refractivity contribution in [3.8, 4) is 5.75 Å². The first-order chi connectivity index (χ1) is 9.26. The van der Waals surface area contributed by atoms with Crippen LogP contribution < -0.4 is 10.1 Å². The highest BCUT2D eigenvalue weighted by Gasteiger charge is 2.13. The molecule has 5 nitrogen and oxygen atoms in total. The molecule has 6 heteroatoms. The van der Waals surface area contributed by atoms with Crippen LogP contribution in [0.3, 0.4) is 0 Å². The smallest absolute Gasteiger partial charge is 0.293 e. The van der Waals surface area contributed by atoms with Crippen molar-refractivity contribution >= 4 is 33.3 Å². The van der Waals surface area contributed by atoms with Crippen molar-refractivity contribution in [1.29, 1.82) is 0 Å². The van der Waals surface area contributed by atoms with E-state index in [1.165, 1.54) is 11.3 Å². The maximum Gasteiger partial charge on any atom is 0.293 e. The standard InChI is InChI=1S/C13H10N2O3S/c1-17-9-2-3-10-8(6-9)7-11(18-10)12(16)15-13-14-4-5-19-13/h2-7H,1H3,(H,14,15,16). The van der Waals surface area contributed by atoms with Crippen molar-refractivity contribution in [2.24, 2.45) is 0 Å². The number of hydrogen-bond acceptors (Lipinski definition) is 5. The number of rotatable bonds is 3. The van der Waals surface area contributed by atoms with Gasteiger partial charge in [-0.2, -0.15) is 0 Å². The van der Waals surface area contributed by atoms with Gasteiger partial charge in [0.1, 0.15) is 11.3 Å². The van der Waals surface area contributed by atoms with Gasteiger partial charge in [0.2, 0.25) is 0 Å². The van der Waals surface area contributed by atoms with Gasteiger partial charge in [-0.25, -0.2) is 4.98 Å². The molecule has 3 aromatic rings. The Labute approximate surface area is 112 Å². The van der Waals surface area contributed by atoms with E-state index in [4.69, 9.17) is 9.15 Å². The molecule has 1 N–H and O–H groups in total. The molecule has 0 fully saturated rings. The number of benzene rings is 1. The van der Waals surface area contributed by atoms with Crippen molar-refractivity contribution in [1.82, 2.24) is 4.98 Å². The average Bonchev–Trinajstić information content (AvgIpc) is 3.05. The van der Waals surface area contributed by atoms with Gasteiger partial charge in [-0.05, 0) is 24.3 Å². The summed E-state index contributed by atoms with van der Waals surface area (Å²) in [5.74, 6) is 0.656. The topological polar surface area (TPSA) is 64.4 Å². The SMILES string of the molecule is COc1ccc2oc(C(=O)Nc3nccs3)cc2c1. The van der Waals surface area contributed by atoms with E-state index < -0.39 is 0 Å². The molecule has 3 rings (SSSR count). The summed E-state index contributed by atoms with van der Waals surface area (Å²) in [7, 11) is 1.59. The first-order valence-electron chi connectivity index (χ1n) is 5.55. The van der Waals surface area contributed by atoms with Gasteiger partial charge in [0, 0.05) is 17.0 Å². The molecule has 0 bridgehead atoms. The van der Waals surface area contributed by atoms with Crippen LogP contribution in [0.4, 0.5) is 5.13 Å². The molecule has 0 aliphatic rings. The molecule has 96 valence electrons. The fraction of sp³-hybridized carbons (Fsp3) is 0.0769. The molecule has 2 heterocycles. The molecule has 0 atom stereocenters. The van der Waals surface area contributed by atoms with E-state index in [9.17, 15) is 4.79 Å². The van der Waals surface area contributed by atoms with E-state index >= 15 is 0 Å². The molecule has 2 aromatic heterocycles. The zero-order valence-corrected chi connectivity index (χ0v) is 10.9. The molecule has 1 aromatic carbocycles. The summed E-state index contributed by atoms with van der Waals surface area (Å²) < 4.78 is 10.6. The van der Waals surface area contributed by atoms with Crippen molar-refractivity contribution in [2.75, 3.05) is 12.4 Å². The maximum atomic E-state index is 12.0. The minimum absolute atomic E-state index is 0.249. The summed E-state index contributed by atoms with van der Waals surface area (Å²) in [5.41, 5.74) is 0.644. The molecule has 0 spiro atoms. The van der Waals surface area contributed by atoms with Gasteiger partial charge in [0.25, 0.3) is 5.91 Å². The van der Waals surface area contributed by atoms with E-state index in [2.05, 4.69) is 10.3 Å². The summed E-state index contributed by atoms with van der Waals surface area (Å²) in [6, 6.07) is 7.06. The highest BCUT2D eigenvalue weighted by molar-refractivity contribution is 7.13. The van der Waals surface area contributed by atoms with Crippen LogP contribution in [0, 0.1) is 0 Å². The lowest BCUT2D eigenvalue weighted by Gasteiger charge is -1.96. The van der Waals surface area contributed by atoms with Crippen LogP contribution in [0.2, 0.25) is 0 Å². The Kier molecular flexibility index (Phi) is 2.92. The number of furan rings is 1. The number of fused-ring (bicyclic) bond motifs is 1. The lowest BCUT2D eigenvalue weighted by atomic mass is 10.2. The third-order valence-corrected chi connectivity index (χ3v) is 3.29. The summed E-state index contributed by atoms with van der Waals surface area (Å²) in [6.07, 6.45) is 1.63. The Morgan fingerprint density at radius 3 is 3.05 bits per heavy atom. The van der Waals surface area contributed by atoms with Crippen molar-refractivity contribution in [2.45, 2.75) is 0 Å². The Morgan fingerprint density at radius 2 is 2.32 bits per heavy atom. The number of methoxy groups -OCH3 is 1. The van der Waals surface area contributed by atoms with Gasteiger partial charge in [0.15, 0.2) is 10.9 Å². The van der Waals surface area contributed by atoms with Crippen LogP contribution in [-0.4, -0.2) is 18.0 Å². The quantitative estimate of drug-likeness (QED) is 0.796. The van der Waals surface area contributed by atoms with E-state index in [1.807, 2.05) is 6.07 Å². The first-order valence-corrected chi connectivity index (χ1v) is 6.42. The van der Waals surface area contributed by atoms with E-state index in [1.54, 1.807) is 36.9 Å². The van der Waals surface area contributed by atoms with E-state index in [-0.39, 0.29) is 11.7 Å². The van der Waals surface area contributed by atoms with Crippen LogP contribution in [0.15, 0.2) is 40.3 Å². The summed E-state index contributed by atoms with van der Waals surface area (Å²) in [5, 5.41) is 5.83. The van der Waals surface area contributed by atoms with Gasteiger partial charge >= 0.3 is 0 Å². The Bertz CT molecular complexity index is 719. The van der Waals surface area contributed by atoms with Crippen LogP contribution in [0.25, 0.3) is 11.0 Å². The van der Waals surface area contributed by atoms with Gasteiger partial charge in [0.05, 0.1) is 7.11 Å². The van der Waals surface area contributed by atoms with Gasteiger partial charge in [-0.3, -0.25) is 10.1 Å². The van der Waals surface area contributed by atoms with Crippen LogP contribution >= 0.6 is 11.3 Å². The second-order valence-corrected chi connectivity index (χ2v) is 4.70. The average molecular weight is 274 g/mol. The van der Waals surface area contributed by atoms with Crippen molar-refractivity contribution < 1.29 is 13.9 Å². The van der Waals surface area contributed by atoms with Crippen molar-refractivity contribution in [3.63, 3.8) is 0 Å². The predicted octanol–water partition coefficient (Wildman–Crippen LogP) is 3.15. The molecule has 0 radical (unpaired) electrons. The molecule has 19 heavy (non-hydrogen) atoms. The Hall–Kier alpha value is -2.34. The second-order valence-electron chi connectivity index (χ2n) is 3.81. The van der Waals surface area contributed by atoms with Crippen LogP contribution in [-0.2, 0) is 0 Å². The molecule has 0 saturated carbocycles. The molecule has 0 unspecified atom stereocenters. The number of ether oxygens (including phenoxy) is 1. The number of aromatic nitrogens is 1. The molecule has 0 saturated heterocycles. The monoisotopic (exact) mass is 274 g/mol. The molecular weight excluding hydrogens is 264 g/mol. The number of carbonyl (C=O) groups excluding carboxylic acids is 1. The molecular formula is C13H10N2O3S. The summed E-state index contributed by atoms with van der Waals surface area (Å²) in [6.45, 7) is 0. The number of anilines is 1. The summed E-state index contributed by atoms with van der Waals surface area (Å²) >= 11 is 1.35. The zero-order valence-electron chi connectivity index (χ0n) is 10.0. The van der Waals surface area contributed by atoms with Crippen LogP contribution in [0.1, 0.15) is 10.6 Å². The fourth-order valence-electron chi connectivity index (χ4n) is 1.70. The number of amides is 1. The Balaban J connectivity index is 1.90. The predicted molar refractivity (Wildman–Crippen MR) is 72.8 cm³/mol. The fourth-order valence-corrected chi connectivity index (χ4v) is 2.23. The molecule has 1 amide bonds. The molecule has 0 aliphatic heterocycles. The Morgan fingerprint density at radius 1 is 1.42 bits per heavy atom. The summed E-state index contributed by atoms with van der Waals surface area (Å²) in [4.78, 5) is 16.0. The van der Waals surface area contributed by atoms with Gasteiger partial charge in [-0.1, -0.05) is 0 Å².